The number of phenols is 2. The summed E-state index contributed by atoms with van der Waals surface area (Å²) in [5.41, 5.74) is 0.126. The normalized spacial score (nSPS) is 22.0. The lowest BCUT2D eigenvalue weighted by molar-refractivity contribution is 0.0921. The first kappa shape index (κ1) is 15.6. The maximum atomic E-state index is 12.1. The topological polar surface area (TPSA) is 81.6 Å². The summed E-state index contributed by atoms with van der Waals surface area (Å²) in [6.45, 7) is 3.19. The molecule has 0 spiro atoms. The van der Waals surface area contributed by atoms with Gasteiger partial charge in [0.15, 0.2) is 11.5 Å². The van der Waals surface area contributed by atoms with Gasteiger partial charge in [0.05, 0.1) is 5.56 Å². The van der Waals surface area contributed by atoms with Gasteiger partial charge in [-0.1, -0.05) is 13.0 Å². The lowest BCUT2D eigenvalue weighted by atomic mass is 9.91. The van der Waals surface area contributed by atoms with Gasteiger partial charge in [-0.25, -0.2) is 0 Å². The van der Waals surface area contributed by atoms with Crippen molar-refractivity contribution in [3.63, 3.8) is 0 Å². The van der Waals surface area contributed by atoms with Crippen LogP contribution in [0.3, 0.4) is 0 Å². The van der Waals surface area contributed by atoms with E-state index in [1.54, 1.807) is 6.07 Å². The Bertz CT molecular complexity index is 482. The Morgan fingerprint density at radius 3 is 2.52 bits per heavy atom. The summed E-state index contributed by atoms with van der Waals surface area (Å²) in [6.07, 6.45) is 5.11. The average molecular weight is 292 g/mol. The zero-order valence-corrected chi connectivity index (χ0v) is 12.4. The Labute approximate surface area is 125 Å². The Morgan fingerprint density at radius 2 is 1.86 bits per heavy atom. The van der Waals surface area contributed by atoms with Crippen LogP contribution in [0.1, 0.15) is 49.4 Å². The van der Waals surface area contributed by atoms with Gasteiger partial charge in [-0.15, -0.1) is 0 Å². The van der Waals surface area contributed by atoms with Gasteiger partial charge in [0.25, 0.3) is 5.91 Å². The second-order valence-electron chi connectivity index (χ2n) is 5.65. The smallest absolute Gasteiger partial charge is 0.255 e. The summed E-state index contributed by atoms with van der Waals surface area (Å²) in [4.78, 5) is 12.1. The lowest BCUT2D eigenvalue weighted by Crippen LogP contribution is -2.42. The number of rotatable bonds is 5. The number of phenolic OH excluding ortho intramolecular Hbond substituents is 2. The summed E-state index contributed by atoms with van der Waals surface area (Å²) in [6, 6.07) is 5.11. The van der Waals surface area contributed by atoms with Crippen LogP contribution in [0, 0.1) is 0 Å². The summed E-state index contributed by atoms with van der Waals surface area (Å²) in [5, 5.41) is 25.6. The van der Waals surface area contributed by atoms with Crippen molar-refractivity contribution in [1.82, 2.24) is 10.6 Å². The molecule has 1 saturated carbocycles. The lowest BCUT2D eigenvalue weighted by Gasteiger charge is -2.29. The van der Waals surface area contributed by atoms with Crippen LogP contribution in [0.15, 0.2) is 18.2 Å². The van der Waals surface area contributed by atoms with Gasteiger partial charge in [0.1, 0.15) is 0 Å². The molecular formula is C16H24N2O3. The van der Waals surface area contributed by atoms with Crippen LogP contribution in [0.25, 0.3) is 0 Å². The van der Waals surface area contributed by atoms with Gasteiger partial charge in [0.2, 0.25) is 0 Å². The summed E-state index contributed by atoms with van der Waals surface area (Å²) in [5.74, 6) is -0.947. The summed E-state index contributed by atoms with van der Waals surface area (Å²) in [7, 11) is 0. The molecule has 0 radical (unpaired) electrons. The molecule has 0 bridgehead atoms. The second-order valence-corrected chi connectivity index (χ2v) is 5.65. The van der Waals surface area contributed by atoms with Crippen molar-refractivity contribution < 1.29 is 15.0 Å². The Balaban J connectivity index is 1.86. The van der Waals surface area contributed by atoms with Crippen molar-refractivity contribution >= 4 is 5.91 Å². The predicted molar refractivity (Wildman–Crippen MR) is 81.6 cm³/mol. The third kappa shape index (κ3) is 4.11. The van der Waals surface area contributed by atoms with Gasteiger partial charge in [0, 0.05) is 12.1 Å². The van der Waals surface area contributed by atoms with Gasteiger partial charge in [-0.05, 0) is 50.8 Å². The molecule has 116 valence electrons. The highest BCUT2D eigenvalue weighted by Gasteiger charge is 2.23. The van der Waals surface area contributed by atoms with E-state index in [1.807, 2.05) is 0 Å². The Morgan fingerprint density at radius 1 is 1.19 bits per heavy atom. The quantitative estimate of drug-likeness (QED) is 0.627. The molecule has 0 aromatic heterocycles. The highest BCUT2D eigenvalue weighted by molar-refractivity contribution is 5.97. The Hall–Kier alpha value is -1.75. The fraction of sp³-hybridized carbons (Fsp3) is 0.562. The first-order valence-electron chi connectivity index (χ1n) is 7.67. The number of aromatic hydroxyl groups is 2. The van der Waals surface area contributed by atoms with Crippen LogP contribution in [0.5, 0.6) is 11.5 Å². The molecule has 0 heterocycles. The number of para-hydroxylation sites is 1. The molecule has 1 aromatic carbocycles. The largest absolute Gasteiger partial charge is 0.504 e. The predicted octanol–water partition coefficient (Wildman–Crippen LogP) is 2.14. The van der Waals surface area contributed by atoms with Gasteiger partial charge in [-0.2, -0.15) is 0 Å². The molecule has 5 heteroatoms. The van der Waals surface area contributed by atoms with E-state index in [2.05, 4.69) is 17.6 Å². The van der Waals surface area contributed by atoms with E-state index in [-0.39, 0.29) is 29.0 Å². The number of carbonyl (C=O) groups is 1. The molecule has 1 aromatic rings. The van der Waals surface area contributed by atoms with Crippen molar-refractivity contribution in [2.75, 3.05) is 6.54 Å². The third-order valence-electron chi connectivity index (χ3n) is 4.00. The highest BCUT2D eigenvalue weighted by atomic mass is 16.3. The molecule has 0 atom stereocenters. The van der Waals surface area contributed by atoms with Crippen molar-refractivity contribution in [2.45, 2.75) is 51.1 Å². The average Bonchev–Trinajstić information content (AvgIpc) is 2.49. The maximum Gasteiger partial charge on any atom is 0.255 e. The zero-order chi connectivity index (χ0) is 15.2. The van der Waals surface area contributed by atoms with Crippen LogP contribution in [0.2, 0.25) is 0 Å². The Kier molecular flexibility index (Phi) is 5.44. The molecule has 5 nitrogen and oxygen atoms in total. The fourth-order valence-electron chi connectivity index (χ4n) is 2.77. The molecule has 2 rings (SSSR count). The number of hydrogen-bond acceptors (Lipinski definition) is 4. The third-order valence-corrected chi connectivity index (χ3v) is 4.00. The van der Waals surface area contributed by atoms with Gasteiger partial charge >= 0.3 is 0 Å². The molecule has 1 aliphatic carbocycles. The summed E-state index contributed by atoms with van der Waals surface area (Å²) >= 11 is 0. The van der Waals surface area contributed by atoms with E-state index >= 15 is 0 Å². The van der Waals surface area contributed by atoms with Gasteiger partial charge < -0.3 is 20.8 Å². The number of hydrogen-bond donors (Lipinski definition) is 4. The second kappa shape index (κ2) is 7.31. The molecule has 4 N–H and O–H groups in total. The molecule has 1 amide bonds. The number of nitrogens with one attached hydrogen (secondary N) is 2. The fourth-order valence-corrected chi connectivity index (χ4v) is 2.77. The molecule has 0 unspecified atom stereocenters. The first-order chi connectivity index (χ1) is 10.1. The molecule has 1 aliphatic rings. The molecular weight excluding hydrogens is 268 g/mol. The van der Waals surface area contributed by atoms with E-state index < -0.39 is 0 Å². The maximum absolute atomic E-state index is 12.1. The van der Waals surface area contributed by atoms with Crippen molar-refractivity contribution in [2.24, 2.45) is 0 Å². The molecule has 21 heavy (non-hydrogen) atoms. The number of benzene rings is 1. The first-order valence-corrected chi connectivity index (χ1v) is 7.67. The monoisotopic (exact) mass is 292 g/mol. The van der Waals surface area contributed by atoms with E-state index in [0.29, 0.717) is 6.04 Å². The van der Waals surface area contributed by atoms with Crippen LogP contribution in [-0.2, 0) is 0 Å². The molecule has 1 fully saturated rings. The SMILES string of the molecule is CCCNC1CCC(NC(=O)c2cccc(O)c2O)CC1. The van der Waals surface area contributed by atoms with E-state index in [4.69, 9.17) is 0 Å². The highest BCUT2D eigenvalue weighted by Crippen LogP contribution is 2.28. The standard InChI is InChI=1S/C16H24N2O3/c1-2-10-17-11-6-8-12(9-7-11)18-16(21)13-4-3-5-14(19)15(13)20/h3-5,11-12,17,19-20H,2,6-10H2,1H3,(H,18,21). The van der Waals surface area contributed by atoms with Crippen molar-refractivity contribution in [3.05, 3.63) is 23.8 Å². The van der Waals surface area contributed by atoms with Crippen molar-refractivity contribution in [3.8, 4) is 11.5 Å². The minimum absolute atomic E-state index is 0.126. The van der Waals surface area contributed by atoms with E-state index in [1.165, 1.54) is 12.1 Å². The van der Waals surface area contributed by atoms with Crippen LogP contribution in [-0.4, -0.2) is 34.7 Å². The van der Waals surface area contributed by atoms with Crippen LogP contribution in [0.4, 0.5) is 0 Å². The van der Waals surface area contributed by atoms with Crippen LogP contribution >= 0.6 is 0 Å². The number of amides is 1. The van der Waals surface area contributed by atoms with E-state index in [9.17, 15) is 15.0 Å². The minimum atomic E-state index is -0.353. The minimum Gasteiger partial charge on any atom is -0.504 e. The number of carbonyl (C=O) groups excluding carboxylic acids is 1. The molecule has 0 saturated heterocycles. The van der Waals surface area contributed by atoms with E-state index in [0.717, 1.165) is 38.6 Å². The zero-order valence-electron chi connectivity index (χ0n) is 12.4. The van der Waals surface area contributed by atoms with Gasteiger partial charge in [-0.3, -0.25) is 4.79 Å². The molecule has 0 aliphatic heterocycles. The van der Waals surface area contributed by atoms with Crippen LogP contribution < -0.4 is 10.6 Å². The van der Waals surface area contributed by atoms with Crippen molar-refractivity contribution in [1.29, 1.82) is 0 Å². The summed E-state index contributed by atoms with van der Waals surface area (Å²) < 4.78 is 0.